The number of thiophene rings is 1. The van der Waals surface area contributed by atoms with Crippen molar-refractivity contribution in [2.75, 3.05) is 27.3 Å². The zero-order valence-electron chi connectivity index (χ0n) is 12.2. The van der Waals surface area contributed by atoms with Crippen LogP contribution in [0.4, 0.5) is 0 Å². The largest absolute Gasteiger partial charge is 0.381 e. The maximum absolute atomic E-state index is 12.7. The Morgan fingerprint density at radius 2 is 2.10 bits per heavy atom. The first kappa shape index (κ1) is 15.9. The summed E-state index contributed by atoms with van der Waals surface area (Å²) in [6.07, 6.45) is 1.53. The van der Waals surface area contributed by atoms with Gasteiger partial charge in [-0.05, 0) is 32.9 Å². The van der Waals surface area contributed by atoms with E-state index in [4.69, 9.17) is 4.74 Å². The van der Waals surface area contributed by atoms with Gasteiger partial charge in [0.1, 0.15) is 0 Å². The molecule has 0 spiro atoms. The number of hydrogen-bond donors (Lipinski definition) is 1. The average molecular weight is 318 g/mol. The Morgan fingerprint density at radius 3 is 2.70 bits per heavy atom. The van der Waals surface area contributed by atoms with Crippen molar-refractivity contribution in [1.29, 1.82) is 0 Å². The van der Waals surface area contributed by atoms with E-state index in [0.717, 1.165) is 22.6 Å². The van der Waals surface area contributed by atoms with Crippen molar-refractivity contribution >= 4 is 21.4 Å². The molecule has 0 atom stereocenters. The first-order chi connectivity index (χ1) is 9.46. The summed E-state index contributed by atoms with van der Waals surface area (Å²) in [6, 6.07) is 1.84. The van der Waals surface area contributed by atoms with Crippen LogP contribution in [0.15, 0.2) is 11.0 Å². The molecule has 0 amide bonds. The number of sulfonamides is 1. The second kappa shape index (κ2) is 6.53. The summed E-state index contributed by atoms with van der Waals surface area (Å²) >= 11 is 1.54. The summed E-state index contributed by atoms with van der Waals surface area (Å²) in [5.74, 6) is 0. The van der Waals surface area contributed by atoms with Crippen molar-refractivity contribution in [3.8, 4) is 0 Å². The molecule has 2 heterocycles. The minimum absolute atomic E-state index is 0.0424. The van der Waals surface area contributed by atoms with E-state index in [1.165, 1.54) is 15.6 Å². The molecule has 1 aliphatic heterocycles. The van der Waals surface area contributed by atoms with Crippen molar-refractivity contribution in [3.63, 3.8) is 0 Å². The van der Waals surface area contributed by atoms with Gasteiger partial charge >= 0.3 is 0 Å². The summed E-state index contributed by atoms with van der Waals surface area (Å²) in [6.45, 7) is 3.84. The molecule has 0 saturated carbocycles. The van der Waals surface area contributed by atoms with Crippen LogP contribution in [0.5, 0.6) is 0 Å². The molecule has 1 saturated heterocycles. The van der Waals surface area contributed by atoms with Gasteiger partial charge in [-0.1, -0.05) is 0 Å². The maximum Gasteiger partial charge on any atom is 0.244 e. The average Bonchev–Trinajstić information content (AvgIpc) is 2.81. The fraction of sp³-hybridized carbons (Fsp3) is 0.692. The van der Waals surface area contributed by atoms with E-state index in [0.29, 0.717) is 24.7 Å². The SMILES string of the molecule is CNCc1cc(S(=O)(=O)N(C)C2CCOCC2)c(C)s1. The van der Waals surface area contributed by atoms with Crippen molar-refractivity contribution in [1.82, 2.24) is 9.62 Å². The summed E-state index contributed by atoms with van der Waals surface area (Å²) in [5, 5.41) is 3.05. The Morgan fingerprint density at radius 1 is 1.45 bits per heavy atom. The third kappa shape index (κ3) is 3.23. The monoisotopic (exact) mass is 318 g/mol. The third-order valence-corrected chi connectivity index (χ3v) is 6.85. The highest BCUT2D eigenvalue weighted by Gasteiger charge is 2.31. The molecule has 114 valence electrons. The molecular formula is C13H22N2O3S2. The van der Waals surface area contributed by atoms with Gasteiger partial charge in [0.2, 0.25) is 10.0 Å². The van der Waals surface area contributed by atoms with E-state index in [9.17, 15) is 8.42 Å². The lowest BCUT2D eigenvalue weighted by Gasteiger charge is -2.30. The Bertz CT molecular complexity index is 548. The van der Waals surface area contributed by atoms with Gasteiger partial charge in [-0.25, -0.2) is 8.42 Å². The topological polar surface area (TPSA) is 58.6 Å². The predicted octanol–water partition coefficient (Wildman–Crippen LogP) is 1.58. The first-order valence-electron chi connectivity index (χ1n) is 6.76. The number of aryl methyl sites for hydroxylation is 1. The lowest BCUT2D eigenvalue weighted by Crippen LogP contribution is -2.40. The van der Waals surface area contributed by atoms with Crippen molar-refractivity contribution < 1.29 is 13.2 Å². The number of nitrogens with zero attached hydrogens (tertiary/aromatic N) is 1. The molecule has 0 unspecified atom stereocenters. The molecule has 1 fully saturated rings. The Balaban J connectivity index is 2.24. The van der Waals surface area contributed by atoms with Gasteiger partial charge in [0.15, 0.2) is 0 Å². The molecule has 7 heteroatoms. The van der Waals surface area contributed by atoms with E-state index in [-0.39, 0.29) is 6.04 Å². The fourth-order valence-corrected chi connectivity index (χ4v) is 5.47. The molecule has 5 nitrogen and oxygen atoms in total. The quantitative estimate of drug-likeness (QED) is 0.895. The number of nitrogens with one attached hydrogen (secondary N) is 1. The Kier molecular flexibility index (Phi) is 5.19. The maximum atomic E-state index is 12.7. The molecule has 1 aliphatic rings. The number of rotatable bonds is 5. The second-order valence-electron chi connectivity index (χ2n) is 5.03. The smallest absolute Gasteiger partial charge is 0.244 e. The van der Waals surface area contributed by atoms with Crippen molar-refractivity contribution in [2.45, 2.75) is 37.2 Å². The molecule has 2 rings (SSSR count). The molecule has 0 bridgehead atoms. The van der Waals surface area contributed by atoms with Crippen LogP contribution in [0.25, 0.3) is 0 Å². The van der Waals surface area contributed by atoms with Crippen molar-refractivity contribution in [3.05, 3.63) is 15.8 Å². The molecule has 0 aromatic carbocycles. The first-order valence-corrected chi connectivity index (χ1v) is 9.02. The molecule has 20 heavy (non-hydrogen) atoms. The van der Waals surface area contributed by atoms with Crippen LogP contribution >= 0.6 is 11.3 Å². The molecule has 1 N–H and O–H groups in total. The van der Waals surface area contributed by atoms with Gasteiger partial charge in [-0.15, -0.1) is 11.3 Å². The van der Waals surface area contributed by atoms with Gasteiger partial charge in [0.05, 0.1) is 4.90 Å². The molecule has 1 aromatic heterocycles. The zero-order valence-corrected chi connectivity index (χ0v) is 13.8. The van der Waals surface area contributed by atoms with Crippen LogP contribution in [0.1, 0.15) is 22.6 Å². The number of ether oxygens (including phenoxy) is 1. The van der Waals surface area contributed by atoms with E-state index >= 15 is 0 Å². The third-order valence-electron chi connectivity index (χ3n) is 3.64. The van der Waals surface area contributed by atoms with Gasteiger partial charge < -0.3 is 10.1 Å². The molecule has 0 radical (unpaired) electrons. The van der Waals surface area contributed by atoms with Gasteiger partial charge in [0.25, 0.3) is 0 Å². The summed E-state index contributed by atoms with van der Waals surface area (Å²) in [4.78, 5) is 2.35. The summed E-state index contributed by atoms with van der Waals surface area (Å²) < 4.78 is 32.3. The Labute approximate surface area is 125 Å². The minimum atomic E-state index is -3.41. The van der Waals surface area contributed by atoms with Gasteiger partial charge in [0, 0.05) is 42.6 Å². The molecule has 1 aromatic rings. The zero-order chi connectivity index (χ0) is 14.8. The highest BCUT2D eigenvalue weighted by atomic mass is 32.2. The van der Waals surface area contributed by atoms with Crippen LogP contribution in [0.3, 0.4) is 0 Å². The van der Waals surface area contributed by atoms with E-state index in [2.05, 4.69) is 5.32 Å². The van der Waals surface area contributed by atoms with Crippen LogP contribution in [-0.2, 0) is 21.3 Å². The van der Waals surface area contributed by atoms with Crippen LogP contribution < -0.4 is 5.32 Å². The second-order valence-corrected chi connectivity index (χ2v) is 8.34. The van der Waals surface area contributed by atoms with E-state index < -0.39 is 10.0 Å². The standard InChI is InChI=1S/C13H22N2O3S2/c1-10-13(8-12(19-10)9-14-2)20(16,17)15(3)11-4-6-18-7-5-11/h8,11,14H,4-7,9H2,1-3H3. The highest BCUT2D eigenvalue weighted by Crippen LogP contribution is 2.29. The van der Waals surface area contributed by atoms with E-state index in [1.807, 2.05) is 14.0 Å². The van der Waals surface area contributed by atoms with Crippen LogP contribution in [-0.4, -0.2) is 46.1 Å². The van der Waals surface area contributed by atoms with Gasteiger partial charge in [-0.3, -0.25) is 0 Å². The highest BCUT2D eigenvalue weighted by molar-refractivity contribution is 7.89. The summed E-state index contributed by atoms with van der Waals surface area (Å²) in [5.41, 5.74) is 0. The number of hydrogen-bond acceptors (Lipinski definition) is 5. The predicted molar refractivity (Wildman–Crippen MR) is 80.6 cm³/mol. The van der Waals surface area contributed by atoms with Crippen molar-refractivity contribution in [2.24, 2.45) is 0 Å². The normalized spacial score (nSPS) is 17.8. The minimum Gasteiger partial charge on any atom is -0.381 e. The lowest BCUT2D eigenvalue weighted by molar-refractivity contribution is 0.0632. The van der Waals surface area contributed by atoms with E-state index in [1.54, 1.807) is 13.1 Å². The molecule has 0 aliphatic carbocycles. The van der Waals surface area contributed by atoms with Gasteiger partial charge in [-0.2, -0.15) is 4.31 Å². The fourth-order valence-electron chi connectivity index (χ4n) is 2.44. The summed E-state index contributed by atoms with van der Waals surface area (Å²) in [7, 11) is 0.133. The van der Waals surface area contributed by atoms with Crippen LogP contribution in [0.2, 0.25) is 0 Å². The molecular weight excluding hydrogens is 296 g/mol. The lowest BCUT2D eigenvalue weighted by atomic mass is 10.1. The Hall–Kier alpha value is -0.470. The van der Waals surface area contributed by atoms with Crippen LogP contribution in [0, 0.1) is 6.92 Å².